The zero-order valence-corrected chi connectivity index (χ0v) is 13.9. The van der Waals surface area contributed by atoms with E-state index < -0.39 is 0 Å². The molecule has 0 atom stereocenters. The van der Waals surface area contributed by atoms with Crippen LogP contribution < -0.4 is 5.32 Å². The molecule has 22 heavy (non-hydrogen) atoms. The van der Waals surface area contributed by atoms with Crippen LogP contribution >= 0.6 is 15.9 Å². The quantitative estimate of drug-likeness (QED) is 0.774. The van der Waals surface area contributed by atoms with Gasteiger partial charge in [-0.2, -0.15) is 5.10 Å². The van der Waals surface area contributed by atoms with Gasteiger partial charge < -0.3 is 5.32 Å². The number of nitrogens with one attached hydrogen (secondary N) is 1. The van der Waals surface area contributed by atoms with E-state index in [0.717, 1.165) is 21.9 Å². The average molecular weight is 359 g/mol. The van der Waals surface area contributed by atoms with Gasteiger partial charge in [-0.3, -0.25) is 14.5 Å². The topological polar surface area (TPSA) is 59.8 Å². The van der Waals surface area contributed by atoms with Gasteiger partial charge in [-0.05, 0) is 32.0 Å². The van der Waals surface area contributed by atoms with Crippen LogP contribution in [0.25, 0.3) is 10.9 Å². The van der Waals surface area contributed by atoms with Crippen molar-refractivity contribution in [3.63, 3.8) is 0 Å². The molecule has 0 aliphatic heterocycles. The first-order valence-corrected chi connectivity index (χ1v) is 7.78. The Bertz CT molecular complexity index is 856. The molecule has 0 aliphatic carbocycles. The number of hydrogen-bond donors (Lipinski definition) is 1. The second-order valence-corrected chi connectivity index (χ2v) is 5.79. The molecule has 0 radical (unpaired) electrons. The number of amides is 1. The minimum absolute atomic E-state index is 0.175. The van der Waals surface area contributed by atoms with Crippen LogP contribution in [0.4, 0.5) is 5.69 Å². The summed E-state index contributed by atoms with van der Waals surface area (Å²) in [7, 11) is 0. The van der Waals surface area contributed by atoms with Gasteiger partial charge in [-0.15, -0.1) is 0 Å². The van der Waals surface area contributed by atoms with Crippen molar-refractivity contribution in [2.24, 2.45) is 0 Å². The Hall–Kier alpha value is -2.21. The third-order valence-corrected chi connectivity index (χ3v) is 4.17. The van der Waals surface area contributed by atoms with E-state index in [-0.39, 0.29) is 5.91 Å². The van der Waals surface area contributed by atoms with E-state index >= 15 is 0 Å². The van der Waals surface area contributed by atoms with Crippen LogP contribution in [0, 0.1) is 6.92 Å². The zero-order chi connectivity index (χ0) is 15.7. The Kier molecular flexibility index (Phi) is 3.94. The SMILES string of the molecule is CCn1cc(C(=O)Nc2ccc(Br)c3cccnc23)c(C)n1. The maximum atomic E-state index is 12.5. The molecule has 112 valence electrons. The molecule has 6 heteroatoms. The van der Waals surface area contributed by atoms with Gasteiger partial charge in [0.1, 0.15) is 0 Å². The number of aryl methyl sites for hydroxylation is 2. The number of pyridine rings is 1. The van der Waals surface area contributed by atoms with Crippen molar-refractivity contribution < 1.29 is 4.79 Å². The van der Waals surface area contributed by atoms with Gasteiger partial charge in [0.15, 0.2) is 0 Å². The number of fused-ring (bicyclic) bond motifs is 1. The number of benzene rings is 1. The summed E-state index contributed by atoms with van der Waals surface area (Å²) < 4.78 is 2.70. The fraction of sp³-hybridized carbons (Fsp3) is 0.188. The van der Waals surface area contributed by atoms with Gasteiger partial charge in [0.05, 0.1) is 22.5 Å². The van der Waals surface area contributed by atoms with E-state index in [9.17, 15) is 4.79 Å². The molecule has 0 aliphatic rings. The highest BCUT2D eigenvalue weighted by atomic mass is 79.9. The standard InChI is InChI=1S/C16H15BrN4O/c1-3-21-9-12(10(2)20-21)16(22)19-14-7-6-13(17)11-5-4-8-18-15(11)14/h4-9H,3H2,1-2H3,(H,19,22). The fourth-order valence-electron chi connectivity index (χ4n) is 2.33. The van der Waals surface area contributed by atoms with E-state index in [2.05, 4.69) is 31.3 Å². The maximum Gasteiger partial charge on any atom is 0.259 e. The van der Waals surface area contributed by atoms with Gasteiger partial charge >= 0.3 is 0 Å². The van der Waals surface area contributed by atoms with Crippen molar-refractivity contribution in [1.82, 2.24) is 14.8 Å². The monoisotopic (exact) mass is 358 g/mol. The molecule has 2 aromatic heterocycles. The Morgan fingerprint density at radius 3 is 2.91 bits per heavy atom. The first kappa shape index (κ1) is 14.7. The highest BCUT2D eigenvalue weighted by molar-refractivity contribution is 9.10. The summed E-state index contributed by atoms with van der Waals surface area (Å²) >= 11 is 3.50. The lowest BCUT2D eigenvalue weighted by Gasteiger charge is -2.08. The fourth-order valence-corrected chi connectivity index (χ4v) is 2.78. The maximum absolute atomic E-state index is 12.5. The van der Waals surface area contributed by atoms with E-state index in [0.29, 0.717) is 16.9 Å². The molecule has 3 aromatic rings. The molecule has 1 amide bonds. The van der Waals surface area contributed by atoms with Crippen LogP contribution in [0.5, 0.6) is 0 Å². The molecule has 0 fully saturated rings. The first-order chi connectivity index (χ1) is 10.6. The Morgan fingerprint density at radius 1 is 1.36 bits per heavy atom. The molecule has 0 saturated heterocycles. The summed E-state index contributed by atoms with van der Waals surface area (Å²) in [6.45, 7) is 4.55. The number of carbonyl (C=O) groups is 1. The van der Waals surface area contributed by atoms with Crippen LogP contribution in [-0.2, 0) is 6.54 Å². The van der Waals surface area contributed by atoms with Crippen molar-refractivity contribution >= 4 is 38.4 Å². The van der Waals surface area contributed by atoms with Crippen molar-refractivity contribution in [2.45, 2.75) is 20.4 Å². The number of aromatic nitrogens is 3. The van der Waals surface area contributed by atoms with Crippen LogP contribution in [0.3, 0.4) is 0 Å². The minimum atomic E-state index is -0.175. The summed E-state index contributed by atoms with van der Waals surface area (Å²) in [5, 5.41) is 8.19. The van der Waals surface area contributed by atoms with Crippen molar-refractivity contribution in [1.29, 1.82) is 0 Å². The van der Waals surface area contributed by atoms with E-state index in [1.165, 1.54) is 0 Å². The lowest BCUT2D eigenvalue weighted by Crippen LogP contribution is -2.13. The second kappa shape index (κ2) is 5.88. The van der Waals surface area contributed by atoms with E-state index in [1.807, 2.05) is 38.1 Å². The lowest BCUT2D eigenvalue weighted by atomic mass is 10.2. The lowest BCUT2D eigenvalue weighted by molar-refractivity contribution is 0.102. The molecular formula is C16H15BrN4O. The summed E-state index contributed by atoms with van der Waals surface area (Å²) in [6, 6.07) is 7.58. The molecule has 1 aromatic carbocycles. The highest BCUT2D eigenvalue weighted by Gasteiger charge is 2.15. The third kappa shape index (κ3) is 2.62. The van der Waals surface area contributed by atoms with Gasteiger partial charge in [0, 0.05) is 28.8 Å². The zero-order valence-electron chi connectivity index (χ0n) is 12.3. The van der Waals surface area contributed by atoms with Crippen LogP contribution in [0.15, 0.2) is 41.1 Å². The molecule has 5 nitrogen and oxygen atoms in total. The van der Waals surface area contributed by atoms with Crippen molar-refractivity contribution in [3.8, 4) is 0 Å². The molecule has 0 saturated carbocycles. The Labute approximate surface area is 136 Å². The largest absolute Gasteiger partial charge is 0.320 e. The molecule has 0 bridgehead atoms. The number of carbonyl (C=O) groups excluding carboxylic acids is 1. The molecule has 1 N–H and O–H groups in total. The number of nitrogens with zero attached hydrogens (tertiary/aromatic N) is 3. The van der Waals surface area contributed by atoms with Crippen LogP contribution in [-0.4, -0.2) is 20.7 Å². The number of hydrogen-bond acceptors (Lipinski definition) is 3. The predicted octanol–water partition coefficient (Wildman–Crippen LogP) is 3.77. The molecule has 3 rings (SSSR count). The molecule has 2 heterocycles. The minimum Gasteiger partial charge on any atom is -0.320 e. The average Bonchev–Trinajstić information content (AvgIpc) is 2.91. The van der Waals surface area contributed by atoms with Gasteiger partial charge in [-0.1, -0.05) is 22.0 Å². The molecule has 0 spiro atoms. The Balaban J connectivity index is 1.98. The summed E-state index contributed by atoms with van der Waals surface area (Å²) in [5.74, 6) is -0.175. The Morgan fingerprint density at radius 2 is 2.18 bits per heavy atom. The summed E-state index contributed by atoms with van der Waals surface area (Å²) in [5.41, 5.74) is 2.74. The van der Waals surface area contributed by atoms with E-state index in [1.54, 1.807) is 17.1 Å². The normalized spacial score (nSPS) is 10.9. The summed E-state index contributed by atoms with van der Waals surface area (Å²) in [6.07, 6.45) is 3.48. The van der Waals surface area contributed by atoms with Crippen molar-refractivity contribution in [2.75, 3.05) is 5.32 Å². The smallest absolute Gasteiger partial charge is 0.259 e. The first-order valence-electron chi connectivity index (χ1n) is 6.98. The summed E-state index contributed by atoms with van der Waals surface area (Å²) in [4.78, 5) is 16.9. The van der Waals surface area contributed by atoms with Gasteiger partial charge in [-0.25, -0.2) is 0 Å². The number of anilines is 1. The predicted molar refractivity (Wildman–Crippen MR) is 90.0 cm³/mol. The van der Waals surface area contributed by atoms with Gasteiger partial charge in [0.25, 0.3) is 5.91 Å². The van der Waals surface area contributed by atoms with Crippen molar-refractivity contribution in [3.05, 3.63) is 52.4 Å². The molecular weight excluding hydrogens is 344 g/mol. The van der Waals surface area contributed by atoms with Crippen LogP contribution in [0.2, 0.25) is 0 Å². The molecule has 0 unspecified atom stereocenters. The van der Waals surface area contributed by atoms with Gasteiger partial charge in [0.2, 0.25) is 0 Å². The van der Waals surface area contributed by atoms with Crippen LogP contribution in [0.1, 0.15) is 23.0 Å². The van der Waals surface area contributed by atoms with E-state index in [4.69, 9.17) is 0 Å². The second-order valence-electron chi connectivity index (χ2n) is 4.93. The highest BCUT2D eigenvalue weighted by Crippen LogP contribution is 2.28. The number of rotatable bonds is 3. The third-order valence-electron chi connectivity index (χ3n) is 3.48. The number of halogens is 1.